The van der Waals surface area contributed by atoms with Crippen molar-refractivity contribution >= 4 is 19.2 Å². The highest BCUT2D eigenvalue weighted by Gasteiger charge is 2.26. The van der Waals surface area contributed by atoms with Crippen LogP contribution in [0.4, 0.5) is 0 Å². The molecule has 0 aromatic rings. The molecule has 2 N–H and O–H groups in total. The van der Waals surface area contributed by atoms with E-state index in [1.165, 1.54) is 4.90 Å². The Morgan fingerprint density at radius 3 is 2.71 bits per heavy atom. The molecule has 98 valence electrons. The van der Waals surface area contributed by atoms with Gasteiger partial charge in [-0.3, -0.25) is 14.2 Å². The van der Waals surface area contributed by atoms with Gasteiger partial charge in [-0.05, 0) is 12.8 Å². The van der Waals surface area contributed by atoms with E-state index in [4.69, 9.17) is 5.11 Å². The molecular formula is C10H18NO5P. The zero-order valence-electron chi connectivity index (χ0n) is 9.67. The Kier molecular flexibility index (Phi) is 5.15. The predicted molar refractivity (Wildman–Crippen MR) is 62.0 cm³/mol. The van der Waals surface area contributed by atoms with Gasteiger partial charge in [0.25, 0.3) is 0 Å². The molecule has 0 radical (unpaired) electrons. The average molecular weight is 263 g/mol. The van der Waals surface area contributed by atoms with E-state index in [0.29, 0.717) is 13.0 Å². The molecule has 1 amide bonds. The van der Waals surface area contributed by atoms with E-state index in [1.807, 2.05) is 0 Å². The second-order valence-corrected chi connectivity index (χ2v) is 6.75. The number of aliphatic carboxylic acids is 1. The van der Waals surface area contributed by atoms with Crippen molar-refractivity contribution in [3.8, 4) is 0 Å². The van der Waals surface area contributed by atoms with Crippen LogP contribution in [0.5, 0.6) is 0 Å². The van der Waals surface area contributed by atoms with Gasteiger partial charge in [0, 0.05) is 19.1 Å². The van der Waals surface area contributed by atoms with E-state index in [2.05, 4.69) is 0 Å². The van der Waals surface area contributed by atoms with Crippen molar-refractivity contribution in [3.63, 3.8) is 0 Å². The van der Waals surface area contributed by atoms with Crippen LogP contribution in [0.1, 0.15) is 32.1 Å². The van der Waals surface area contributed by atoms with Crippen molar-refractivity contribution < 1.29 is 24.2 Å². The number of hydrogen-bond donors (Lipinski definition) is 2. The van der Waals surface area contributed by atoms with Crippen LogP contribution >= 0.6 is 7.37 Å². The average Bonchev–Trinajstić information content (AvgIpc) is 2.42. The van der Waals surface area contributed by atoms with E-state index in [-0.39, 0.29) is 24.8 Å². The zero-order valence-corrected chi connectivity index (χ0v) is 10.6. The molecule has 0 aromatic heterocycles. The van der Waals surface area contributed by atoms with Crippen molar-refractivity contribution in [2.24, 2.45) is 0 Å². The molecule has 1 fully saturated rings. The molecule has 6 nitrogen and oxygen atoms in total. The normalized spacial score (nSPS) is 20.8. The molecule has 0 spiro atoms. The Morgan fingerprint density at radius 1 is 1.35 bits per heavy atom. The second kappa shape index (κ2) is 6.17. The quantitative estimate of drug-likeness (QED) is 0.724. The summed E-state index contributed by atoms with van der Waals surface area (Å²) in [5.41, 5.74) is 0. The summed E-state index contributed by atoms with van der Waals surface area (Å²) in [6.07, 6.45) is 2.21. The van der Waals surface area contributed by atoms with Crippen LogP contribution in [0.15, 0.2) is 0 Å². The summed E-state index contributed by atoms with van der Waals surface area (Å²) in [6, 6.07) is 0. The van der Waals surface area contributed by atoms with Crippen LogP contribution < -0.4 is 0 Å². The maximum atomic E-state index is 11.7. The lowest BCUT2D eigenvalue weighted by Gasteiger charge is -2.23. The SMILES string of the molecule is O=C(O)CCP(=O)(O)CN1CCCCCC1=O. The lowest BCUT2D eigenvalue weighted by molar-refractivity contribution is -0.136. The standard InChI is InChI=1S/C10H18NO5P/c12-9-4-2-1-3-6-11(9)8-17(15,16)7-5-10(13)14/h1-8H2,(H,13,14)(H,15,16). The lowest BCUT2D eigenvalue weighted by atomic mass is 10.2. The van der Waals surface area contributed by atoms with Gasteiger partial charge in [-0.25, -0.2) is 0 Å². The number of amides is 1. The predicted octanol–water partition coefficient (Wildman–Crippen LogP) is 1.09. The van der Waals surface area contributed by atoms with Gasteiger partial charge >= 0.3 is 5.97 Å². The van der Waals surface area contributed by atoms with Crippen LogP contribution in [-0.4, -0.2) is 45.8 Å². The second-order valence-electron chi connectivity index (χ2n) is 4.32. The number of likely N-dealkylation sites (tertiary alicyclic amines) is 1. The largest absolute Gasteiger partial charge is 0.481 e. The van der Waals surface area contributed by atoms with Crippen LogP contribution in [-0.2, 0) is 14.2 Å². The van der Waals surface area contributed by atoms with Gasteiger partial charge in [-0.15, -0.1) is 0 Å². The summed E-state index contributed by atoms with van der Waals surface area (Å²) < 4.78 is 11.7. The highest BCUT2D eigenvalue weighted by atomic mass is 31.2. The van der Waals surface area contributed by atoms with E-state index in [0.717, 1.165) is 19.3 Å². The first-order valence-corrected chi connectivity index (χ1v) is 7.74. The number of carbonyl (C=O) groups excluding carboxylic acids is 1. The van der Waals surface area contributed by atoms with Crippen molar-refractivity contribution in [2.45, 2.75) is 32.1 Å². The lowest BCUT2D eigenvalue weighted by Crippen LogP contribution is -2.31. The van der Waals surface area contributed by atoms with Crippen molar-refractivity contribution in [1.29, 1.82) is 0 Å². The van der Waals surface area contributed by atoms with Gasteiger partial charge < -0.3 is 14.9 Å². The molecule has 7 heteroatoms. The number of nitrogens with zero attached hydrogens (tertiary/aromatic N) is 1. The molecule has 0 saturated carbocycles. The van der Waals surface area contributed by atoms with Gasteiger partial charge in [0.1, 0.15) is 0 Å². The van der Waals surface area contributed by atoms with Gasteiger partial charge in [0.05, 0.1) is 12.7 Å². The molecule has 1 rings (SSSR count). The molecule has 0 bridgehead atoms. The highest BCUT2D eigenvalue weighted by molar-refractivity contribution is 7.57. The van der Waals surface area contributed by atoms with Gasteiger partial charge in [-0.2, -0.15) is 0 Å². The molecule has 1 atom stereocenters. The first-order chi connectivity index (χ1) is 7.91. The van der Waals surface area contributed by atoms with Crippen LogP contribution in [0.3, 0.4) is 0 Å². The topological polar surface area (TPSA) is 94.9 Å². The van der Waals surface area contributed by atoms with E-state index in [1.54, 1.807) is 0 Å². The summed E-state index contributed by atoms with van der Waals surface area (Å²) >= 11 is 0. The van der Waals surface area contributed by atoms with Gasteiger partial charge in [-0.1, -0.05) is 6.42 Å². The third kappa shape index (κ3) is 5.33. The Bertz CT molecular complexity index is 344. The fourth-order valence-electron chi connectivity index (χ4n) is 1.80. The van der Waals surface area contributed by atoms with Gasteiger partial charge in [0.15, 0.2) is 0 Å². The summed E-state index contributed by atoms with van der Waals surface area (Å²) in [4.78, 5) is 33.0. The van der Waals surface area contributed by atoms with Crippen molar-refractivity contribution in [3.05, 3.63) is 0 Å². The number of rotatable bonds is 5. The monoisotopic (exact) mass is 263 g/mol. The maximum Gasteiger partial charge on any atom is 0.303 e. The molecule has 1 heterocycles. The Labute approximate surface area is 100 Å². The molecule has 17 heavy (non-hydrogen) atoms. The highest BCUT2D eigenvalue weighted by Crippen LogP contribution is 2.42. The molecule has 0 aromatic carbocycles. The number of carboxylic acid groups (broad SMARTS) is 1. The molecule has 1 aliphatic rings. The van der Waals surface area contributed by atoms with E-state index >= 15 is 0 Å². The van der Waals surface area contributed by atoms with Crippen LogP contribution in [0.2, 0.25) is 0 Å². The minimum atomic E-state index is -3.55. The first kappa shape index (κ1) is 14.2. The van der Waals surface area contributed by atoms with Crippen LogP contribution in [0.25, 0.3) is 0 Å². The summed E-state index contributed by atoms with van der Waals surface area (Å²) in [5.74, 6) is -1.20. The summed E-state index contributed by atoms with van der Waals surface area (Å²) in [7, 11) is -3.55. The van der Waals surface area contributed by atoms with E-state index < -0.39 is 13.3 Å². The number of carboxylic acids is 1. The zero-order chi connectivity index (χ0) is 12.9. The molecule has 1 aliphatic heterocycles. The number of hydrogen-bond acceptors (Lipinski definition) is 3. The number of carbonyl (C=O) groups is 2. The maximum absolute atomic E-state index is 11.7. The Morgan fingerprint density at radius 2 is 2.06 bits per heavy atom. The molecule has 1 unspecified atom stereocenters. The smallest absolute Gasteiger partial charge is 0.303 e. The third-order valence-electron chi connectivity index (χ3n) is 2.74. The van der Waals surface area contributed by atoms with Crippen molar-refractivity contribution in [1.82, 2.24) is 4.90 Å². The fourth-order valence-corrected chi connectivity index (χ4v) is 3.31. The van der Waals surface area contributed by atoms with Gasteiger partial charge in [0.2, 0.25) is 13.3 Å². The van der Waals surface area contributed by atoms with Crippen molar-refractivity contribution in [2.75, 3.05) is 19.0 Å². The molecule has 0 aliphatic carbocycles. The Balaban J connectivity index is 2.52. The summed E-state index contributed by atoms with van der Waals surface area (Å²) in [6.45, 7) is 0.496. The third-order valence-corrected chi connectivity index (χ3v) is 4.44. The minimum absolute atomic E-state index is 0.105. The van der Waals surface area contributed by atoms with E-state index in [9.17, 15) is 19.0 Å². The summed E-state index contributed by atoms with van der Waals surface area (Å²) in [5, 5.41) is 8.47. The molecule has 1 saturated heterocycles. The minimum Gasteiger partial charge on any atom is -0.481 e. The first-order valence-electron chi connectivity index (χ1n) is 5.71. The fraction of sp³-hybridized carbons (Fsp3) is 0.800. The van der Waals surface area contributed by atoms with Crippen LogP contribution in [0, 0.1) is 0 Å². The molecular weight excluding hydrogens is 245 g/mol. The Hall–Kier alpha value is -0.870.